The molecule has 1 fully saturated rings. The van der Waals surface area contributed by atoms with Crippen LogP contribution in [0.15, 0.2) is 0 Å². The molecule has 1 aromatic rings. The number of carbonyl (C=O) groups is 1. The molecule has 0 aromatic carbocycles. The van der Waals surface area contributed by atoms with Gasteiger partial charge in [0.15, 0.2) is 0 Å². The highest BCUT2D eigenvalue weighted by Gasteiger charge is 2.27. The maximum atomic E-state index is 11.6. The molecule has 0 radical (unpaired) electrons. The Morgan fingerprint density at radius 3 is 2.93 bits per heavy atom. The number of anilines is 1. The Morgan fingerprint density at radius 1 is 1.60 bits per heavy atom. The van der Waals surface area contributed by atoms with Crippen molar-refractivity contribution >= 4 is 22.4 Å². The normalized spacial score (nSPS) is 17.5. The van der Waals surface area contributed by atoms with E-state index >= 15 is 0 Å². The van der Waals surface area contributed by atoms with Crippen LogP contribution in [-0.2, 0) is 4.79 Å². The summed E-state index contributed by atoms with van der Waals surface area (Å²) in [6.07, 6.45) is 3.28. The molecule has 1 atom stereocenters. The van der Waals surface area contributed by atoms with Crippen LogP contribution < -0.4 is 5.32 Å². The van der Waals surface area contributed by atoms with E-state index in [2.05, 4.69) is 15.5 Å². The van der Waals surface area contributed by atoms with Gasteiger partial charge < -0.3 is 5.32 Å². The van der Waals surface area contributed by atoms with Crippen molar-refractivity contribution in [3.05, 3.63) is 5.01 Å². The smallest absolute Gasteiger partial charge is 0.229 e. The van der Waals surface area contributed by atoms with Crippen LogP contribution in [0.25, 0.3) is 0 Å². The van der Waals surface area contributed by atoms with E-state index in [0.717, 1.165) is 11.4 Å². The van der Waals surface area contributed by atoms with E-state index < -0.39 is 0 Å². The second-order valence-corrected chi connectivity index (χ2v) is 5.03. The molecule has 4 nitrogen and oxygen atoms in total. The summed E-state index contributed by atoms with van der Waals surface area (Å²) in [4.78, 5) is 11.6. The Hall–Kier alpha value is -0.970. The second-order valence-electron chi connectivity index (χ2n) is 4.02. The zero-order valence-electron chi connectivity index (χ0n) is 8.99. The lowest BCUT2D eigenvalue weighted by Crippen LogP contribution is -2.19. The molecule has 0 spiro atoms. The van der Waals surface area contributed by atoms with Crippen LogP contribution in [0.1, 0.15) is 44.0 Å². The number of aromatic nitrogens is 2. The van der Waals surface area contributed by atoms with Crippen molar-refractivity contribution in [2.45, 2.75) is 39.0 Å². The number of amides is 1. The number of carbonyl (C=O) groups excluding carboxylic acids is 1. The minimum absolute atomic E-state index is 0.0380. The molecule has 1 aliphatic carbocycles. The van der Waals surface area contributed by atoms with E-state index in [-0.39, 0.29) is 11.8 Å². The van der Waals surface area contributed by atoms with Crippen LogP contribution in [0.4, 0.5) is 5.13 Å². The number of hydrogen-bond donors (Lipinski definition) is 1. The summed E-state index contributed by atoms with van der Waals surface area (Å²) in [5.41, 5.74) is 0. The van der Waals surface area contributed by atoms with E-state index in [0.29, 0.717) is 11.0 Å². The Labute approximate surface area is 93.1 Å². The Morgan fingerprint density at radius 2 is 2.33 bits per heavy atom. The molecule has 5 heteroatoms. The van der Waals surface area contributed by atoms with E-state index in [9.17, 15) is 4.79 Å². The van der Waals surface area contributed by atoms with Crippen molar-refractivity contribution in [2.75, 3.05) is 5.32 Å². The molecule has 2 rings (SSSR count). The van der Waals surface area contributed by atoms with Crippen molar-refractivity contribution in [3.8, 4) is 0 Å². The van der Waals surface area contributed by atoms with Crippen LogP contribution in [0.3, 0.4) is 0 Å². The summed E-state index contributed by atoms with van der Waals surface area (Å²) in [5.74, 6) is 0.686. The third kappa shape index (κ3) is 2.53. The fraction of sp³-hybridized carbons (Fsp3) is 0.700. The first-order chi connectivity index (χ1) is 7.20. The average Bonchev–Trinajstić information content (AvgIpc) is 2.99. The maximum absolute atomic E-state index is 11.6. The predicted molar refractivity (Wildman–Crippen MR) is 60.0 cm³/mol. The highest BCUT2D eigenvalue weighted by molar-refractivity contribution is 7.15. The highest BCUT2D eigenvalue weighted by Crippen LogP contribution is 2.42. The molecule has 0 bridgehead atoms. The van der Waals surface area contributed by atoms with Gasteiger partial charge >= 0.3 is 0 Å². The van der Waals surface area contributed by atoms with E-state index in [1.807, 2.05) is 13.8 Å². The lowest BCUT2D eigenvalue weighted by Gasteiger charge is -2.05. The Balaban J connectivity index is 1.95. The van der Waals surface area contributed by atoms with Crippen molar-refractivity contribution in [1.29, 1.82) is 0 Å². The molecule has 1 aromatic heterocycles. The van der Waals surface area contributed by atoms with Crippen LogP contribution in [0, 0.1) is 5.92 Å². The zero-order chi connectivity index (χ0) is 10.8. The molecule has 1 heterocycles. The molecule has 1 aliphatic rings. The van der Waals surface area contributed by atoms with Gasteiger partial charge in [-0.05, 0) is 19.3 Å². The van der Waals surface area contributed by atoms with Gasteiger partial charge in [-0.1, -0.05) is 25.2 Å². The minimum atomic E-state index is 0.0380. The summed E-state index contributed by atoms with van der Waals surface area (Å²) in [5, 5.41) is 12.5. The monoisotopic (exact) mass is 225 g/mol. The standard InChI is InChI=1S/C10H15N3OS/c1-3-6(2)8(14)11-10-13-12-9(15-10)7-4-5-7/h6-7H,3-5H2,1-2H3,(H,11,13,14)/t6-/m0/s1. The summed E-state index contributed by atoms with van der Waals surface area (Å²) in [6, 6.07) is 0. The van der Waals surface area contributed by atoms with Crippen LogP contribution in [-0.4, -0.2) is 16.1 Å². The molecular weight excluding hydrogens is 210 g/mol. The third-order valence-electron chi connectivity index (χ3n) is 2.66. The largest absolute Gasteiger partial charge is 0.300 e. The van der Waals surface area contributed by atoms with E-state index in [4.69, 9.17) is 0 Å². The number of rotatable bonds is 4. The zero-order valence-corrected chi connectivity index (χ0v) is 9.80. The van der Waals surface area contributed by atoms with Crippen LogP contribution in [0.2, 0.25) is 0 Å². The first-order valence-electron chi connectivity index (χ1n) is 5.35. The van der Waals surface area contributed by atoms with Crippen molar-refractivity contribution in [3.63, 3.8) is 0 Å². The van der Waals surface area contributed by atoms with Crippen molar-refractivity contribution < 1.29 is 4.79 Å². The second kappa shape index (κ2) is 4.26. The SMILES string of the molecule is CC[C@H](C)C(=O)Nc1nnc(C2CC2)s1. The molecule has 1 saturated carbocycles. The van der Waals surface area contributed by atoms with E-state index in [1.54, 1.807) is 0 Å². The highest BCUT2D eigenvalue weighted by atomic mass is 32.1. The molecule has 0 aliphatic heterocycles. The average molecular weight is 225 g/mol. The van der Waals surface area contributed by atoms with Gasteiger partial charge in [-0.3, -0.25) is 4.79 Å². The van der Waals surface area contributed by atoms with Gasteiger partial charge in [-0.15, -0.1) is 10.2 Å². The van der Waals surface area contributed by atoms with Gasteiger partial charge in [0.1, 0.15) is 5.01 Å². The minimum Gasteiger partial charge on any atom is -0.300 e. The van der Waals surface area contributed by atoms with Crippen molar-refractivity contribution in [1.82, 2.24) is 10.2 Å². The Bertz CT molecular complexity index is 359. The summed E-state index contributed by atoms with van der Waals surface area (Å²) in [6.45, 7) is 3.91. The molecule has 0 saturated heterocycles. The van der Waals surface area contributed by atoms with Gasteiger partial charge in [0.2, 0.25) is 11.0 Å². The predicted octanol–water partition coefficient (Wildman–Crippen LogP) is 2.40. The molecule has 1 amide bonds. The van der Waals surface area contributed by atoms with Crippen LogP contribution in [0.5, 0.6) is 0 Å². The van der Waals surface area contributed by atoms with Gasteiger partial charge in [0, 0.05) is 11.8 Å². The van der Waals surface area contributed by atoms with Gasteiger partial charge in [0.05, 0.1) is 0 Å². The molecule has 0 unspecified atom stereocenters. The quantitative estimate of drug-likeness (QED) is 0.856. The molecule has 82 valence electrons. The number of hydrogen-bond acceptors (Lipinski definition) is 4. The van der Waals surface area contributed by atoms with Crippen LogP contribution >= 0.6 is 11.3 Å². The van der Waals surface area contributed by atoms with Gasteiger partial charge in [-0.2, -0.15) is 0 Å². The number of nitrogens with zero attached hydrogens (tertiary/aromatic N) is 2. The van der Waals surface area contributed by atoms with Gasteiger partial charge in [-0.25, -0.2) is 0 Å². The maximum Gasteiger partial charge on any atom is 0.229 e. The van der Waals surface area contributed by atoms with Gasteiger partial charge in [0.25, 0.3) is 0 Å². The fourth-order valence-corrected chi connectivity index (χ4v) is 2.11. The third-order valence-corrected chi connectivity index (χ3v) is 3.66. The van der Waals surface area contributed by atoms with Crippen molar-refractivity contribution in [2.24, 2.45) is 5.92 Å². The fourth-order valence-electron chi connectivity index (χ4n) is 1.19. The van der Waals surface area contributed by atoms with E-state index in [1.165, 1.54) is 24.2 Å². The lowest BCUT2D eigenvalue weighted by atomic mass is 10.1. The Kier molecular flexibility index (Phi) is 3.00. The molecular formula is C10H15N3OS. The lowest BCUT2D eigenvalue weighted by molar-refractivity contribution is -0.119. The summed E-state index contributed by atoms with van der Waals surface area (Å²) in [7, 11) is 0. The summed E-state index contributed by atoms with van der Waals surface area (Å²) >= 11 is 1.51. The molecule has 15 heavy (non-hydrogen) atoms. The first-order valence-corrected chi connectivity index (χ1v) is 6.16. The topological polar surface area (TPSA) is 54.9 Å². The first kappa shape index (κ1) is 10.5. The summed E-state index contributed by atoms with van der Waals surface area (Å²) < 4.78 is 0. The molecule has 1 N–H and O–H groups in total. The number of nitrogens with one attached hydrogen (secondary N) is 1.